The van der Waals surface area contributed by atoms with Crippen molar-refractivity contribution in [2.45, 2.75) is 13.3 Å². The zero-order valence-electron chi connectivity index (χ0n) is 8.69. The Labute approximate surface area is 90.9 Å². The molecule has 1 aromatic heterocycles. The molecule has 5 heteroatoms. The first kappa shape index (κ1) is 10.4. The molecule has 0 bridgehead atoms. The number of nitro benzene ring substituents is 1. The second kappa shape index (κ2) is 3.77. The SMILES string of the molecule is CCc1cc2cc([N+](=O)[O-])ccc2[nH]c1=O. The van der Waals surface area contributed by atoms with Crippen LogP contribution in [0.5, 0.6) is 0 Å². The van der Waals surface area contributed by atoms with E-state index in [4.69, 9.17) is 0 Å². The molecule has 0 amide bonds. The smallest absolute Gasteiger partial charge is 0.270 e. The second-order valence-electron chi connectivity index (χ2n) is 3.51. The summed E-state index contributed by atoms with van der Waals surface area (Å²) in [6.07, 6.45) is 0.605. The number of hydrogen-bond donors (Lipinski definition) is 1. The first-order chi connectivity index (χ1) is 7.61. The van der Waals surface area contributed by atoms with E-state index in [1.54, 1.807) is 12.1 Å². The van der Waals surface area contributed by atoms with Crippen LogP contribution in [0.1, 0.15) is 12.5 Å². The van der Waals surface area contributed by atoms with E-state index in [9.17, 15) is 14.9 Å². The number of hydrogen-bond acceptors (Lipinski definition) is 3. The average molecular weight is 218 g/mol. The molecule has 0 aliphatic heterocycles. The van der Waals surface area contributed by atoms with Crippen LogP contribution < -0.4 is 5.56 Å². The lowest BCUT2D eigenvalue weighted by Gasteiger charge is -2.00. The number of rotatable bonds is 2. The van der Waals surface area contributed by atoms with E-state index in [1.807, 2.05) is 6.92 Å². The third-order valence-electron chi connectivity index (χ3n) is 2.50. The Morgan fingerprint density at radius 3 is 2.75 bits per heavy atom. The van der Waals surface area contributed by atoms with Crippen LogP contribution in [0.15, 0.2) is 29.1 Å². The van der Waals surface area contributed by atoms with Gasteiger partial charge in [-0.1, -0.05) is 6.92 Å². The van der Waals surface area contributed by atoms with Gasteiger partial charge in [-0.15, -0.1) is 0 Å². The summed E-state index contributed by atoms with van der Waals surface area (Å²) < 4.78 is 0. The second-order valence-corrected chi connectivity index (χ2v) is 3.51. The number of non-ortho nitro benzene ring substituents is 1. The van der Waals surface area contributed by atoms with Crippen molar-refractivity contribution in [1.29, 1.82) is 0 Å². The van der Waals surface area contributed by atoms with Gasteiger partial charge in [0, 0.05) is 28.6 Å². The molecule has 0 aliphatic rings. The monoisotopic (exact) mass is 218 g/mol. The van der Waals surface area contributed by atoms with Gasteiger partial charge in [0.2, 0.25) is 0 Å². The molecule has 0 aliphatic carbocycles. The Bertz CT molecular complexity index is 616. The van der Waals surface area contributed by atoms with Crippen molar-refractivity contribution in [3.05, 3.63) is 50.3 Å². The van der Waals surface area contributed by atoms with Crippen LogP contribution in [-0.2, 0) is 6.42 Å². The van der Waals surface area contributed by atoms with Crippen LogP contribution in [0.3, 0.4) is 0 Å². The van der Waals surface area contributed by atoms with Crippen molar-refractivity contribution in [3.8, 4) is 0 Å². The number of fused-ring (bicyclic) bond motifs is 1. The lowest BCUT2D eigenvalue weighted by atomic mass is 10.1. The number of aromatic nitrogens is 1. The molecule has 5 nitrogen and oxygen atoms in total. The van der Waals surface area contributed by atoms with Crippen molar-refractivity contribution in [2.75, 3.05) is 0 Å². The summed E-state index contributed by atoms with van der Waals surface area (Å²) in [5.41, 5.74) is 1.14. The quantitative estimate of drug-likeness (QED) is 0.618. The van der Waals surface area contributed by atoms with Gasteiger partial charge in [0.25, 0.3) is 11.2 Å². The summed E-state index contributed by atoms with van der Waals surface area (Å²) in [7, 11) is 0. The van der Waals surface area contributed by atoms with Gasteiger partial charge in [-0.2, -0.15) is 0 Å². The third kappa shape index (κ3) is 1.67. The molecule has 0 radical (unpaired) electrons. The van der Waals surface area contributed by atoms with Gasteiger partial charge < -0.3 is 4.98 Å². The number of nitro groups is 1. The minimum absolute atomic E-state index is 0.0293. The fraction of sp³-hybridized carbons (Fsp3) is 0.182. The fourth-order valence-electron chi connectivity index (χ4n) is 1.62. The van der Waals surface area contributed by atoms with Gasteiger partial charge in [0.1, 0.15) is 0 Å². The van der Waals surface area contributed by atoms with E-state index in [-0.39, 0.29) is 11.2 Å². The largest absolute Gasteiger partial charge is 0.322 e. The van der Waals surface area contributed by atoms with E-state index in [1.165, 1.54) is 12.1 Å². The zero-order valence-corrected chi connectivity index (χ0v) is 8.69. The average Bonchev–Trinajstić information content (AvgIpc) is 2.27. The van der Waals surface area contributed by atoms with Gasteiger partial charge >= 0.3 is 0 Å². The van der Waals surface area contributed by atoms with E-state index in [0.717, 1.165) is 0 Å². The van der Waals surface area contributed by atoms with Gasteiger partial charge in [0.15, 0.2) is 0 Å². The molecule has 16 heavy (non-hydrogen) atoms. The molecule has 1 heterocycles. The highest BCUT2D eigenvalue weighted by molar-refractivity contribution is 5.81. The van der Waals surface area contributed by atoms with Crippen molar-refractivity contribution in [1.82, 2.24) is 4.98 Å². The van der Waals surface area contributed by atoms with Crippen LogP contribution in [0.4, 0.5) is 5.69 Å². The van der Waals surface area contributed by atoms with Crippen LogP contribution in [0.25, 0.3) is 10.9 Å². The molecule has 0 saturated carbocycles. The van der Waals surface area contributed by atoms with Gasteiger partial charge in [-0.3, -0.25) is 14.9 Å². The molecule has 0 fully saturated rings. The number of nitrogens with zero attached hydrogens (tertiary/aromatic N) is 1. The predicted molar refractivity (Wildman–Crippen MR) is 60.6 cm³/mol. The molecular formula is C11H10N2O3. The maximum atomic E-state index is 11.5. The predicted octanol–water partition coefficient (Wildman–Crippen LogP) is 2.00. The number of H-pyrrole nitrogens is 1. The normalized spacial score (nSPS) is 10.6. The maximum absolute atomic E-state index is 11.5. The van der Waals surface area contributed by atoms with E-state index in [2.05, 4.69) is 4.98 Å². The van der Waals surface area contributed by atoms with Crippen LogP contribution in [-0.4, -0.2) is 9.91 Å². The minimum atomic E-state index is -0.448. The lowest BCUT2D eigenvalue weighted by molar-refractivity contribution is -0.384. The molecule has 0 atom stereocenters. The molecule has 1 aromatic carbocycles. The Morgan fingerprint density at radius 2 is 2.12 bits per heavy atom. The molecule has 1 N–H and O–H groups in total. The molecule has 0 saturated heterocycles. The number of aryl methyl sites for hydroxylation is 1. The summed E-state index contributed by atoms with van der Waals surface area (Å²) >= 11 is 0. The molecular weight excluding hydrogens is 208 g/mol. The van der Waals surface area contributed by atoms with Crippen LogP contribution >= 0.6 is 0 Å². The van der Waals surface area contributed by atoms with Gasteiger partial charge in [-0.05, 0) is 18.6 Å². The van der Waals surface area contributed by atoms with Gasteiger partial charge in [0.05, 0.1) is 4.92 Å². The Kier molecular flexibility index (Phi) is 2.44. The number of aromatic amines is 1. The first-order valence-electron chi connectivity index (χ1n) is 4.92. The Hall–Kier alpha value is -2.17. The van der Waals surface area contributed by atoms with Crippen molar-refractivity contribution in [3.63, 3.8) is 0 Å². The van der Waals surface area contributed by atoms with E-state index < -0.39 is 4.92 Å². The number of nitrogens with one attached hydrogen (secondary N) is 1. The lowest BCUT2D eigenvalue weighted by Crippen LogP contribution is -2.11. The van der Waals surface area contributed by atoms with Crippen molar-refractivity contribution >= 4 is 16.6 Å². The van der Waals surface area contributed by atoms with E-state index >= 15 is 0 Å². The van der Waals surface area contributed by atoms with Crippen LogP contribution in [0, 0.1) is 10.1 Å². The van der Waals surface area contributed by atoms with Crippen LogP contribution in [0.2, 0.25) is 0 Å². The highest BCUT2D eigenvalue weighted by atomic mass is 16.6. The minimum Gasteiger partial charge on any atom is -0.322 e. The van der Waals surface area contributed by atoms with Crippen molar-refractivity contribution < 1.29 is 4.92 Å². The van der Waals surface area contributed by atoms with Crippen molar-refractivity contribution in [2.24, 2.45) is 0 Å². The molecule has 0 unspecified atom stereocenters. The molecule has 0 spiro atoms. The highest BCUT2D eigenvalue weighted by Gasteiger charge is 2.07. The topological polar surface area (TPSA) is 76.0 Å². The maximum Gasteiger partial charge on any atom is 0.270 e. The number of benzene rings is 1. The highest BCUT2D eigenvalue weighted by Crippen LogP contribution is 2.18. The summed E-state index contributed by atoms with van der Waals surface area (Å²) in [5, 5.41) is 11.3. The zero-order chi connectivity index (χ0) is 11.7. The molecule has 2 rings (SSSR count). The fourth-order valence-corrected chi connectivity index (χ4v) is 1.62. The molecule has 82 valence electrons. The first-order valence-corrected chi connectivity index (χ1v) is 4.92. The standard InChI is InChI=1S/C11H10N2O3/c1-2-7-5-8-6-9(13(15)16)3-4-10(8)12-11(7)14/h3-6H,2H2,1H3,(H,12,14). The van der Waals surface area contributed by atoms with Gasteiger partial charge in [-0.25, -0.2) is 0 Å². The third-order valence-corrected chi connectivity index (χ3v) is 2.50. The summed E-state index contributed by atoms with van der Waals surface area (Å²) in [6.45, 7) is 1.87. The summed E-state index contributed by atoms with van der Waals surface area (Å²) in [6, 6.07) is 6.09. The summed E-state index contributed by atoms with van der Waals surface area (Å²) in [5.74, 6) is 0. The Balaban J connectivity index is 2.73. The molecule has 2 aromatic rings. The Morgan fingerprint density at radius 1 is 1.38 bits per heavy atom. The van der Waals surface area contributed by atoms with E-state index in [0.29, 0.717) is 22.9 Å². The number of pyridine rings is 1. The summed E-state index contributed by atoms with van der Waals surface area (Å²) in [4.78, 5) is 24.3.